The van der Waals surface area contributed by atoms with Crippen molar-refractivity contribution in [2.45, 2.75) is 39.3 Å². The molecule has 4 rings (SSSR count). The van der Waals surface area contributed by atoms with E-state index in [0.29, 0.717) is 30.1 Å². The molecule has 1 unspecified atom stereocenters. The minimum absolute atomic E-state index is 0.198. The third-order valence-electron chi connectivity index (χ3n) is 4.52. The second kappa shape index (κ2) is 5.97. The normalized spacial score (nSPS) is 28.1. The van der Waals surface area contributed by atoms with Crippen LogP contribution in [0, 0.1) is 11.8 Å². The van der Waals surface area contributed by atoms with E-state index in [9.17, 15) is 4.79 Å². The Morgan fingerprint density at radius 1 is 1.43 bits per heavy atom. The maximum atomic E-state index is 12.2. The van der Waals surface area contributed by atoms with E-state index in [0.717, 1.165) is 6.54 Å². The Bertz CT molecular complexity index is 563. The van der Waals surface area contributed by atoms with Gasteiger partial charge in [0.2, 0.25) is 0 Å². The van der Waals surface area contributed by atoms with Crippen molar-refractivity contribution >= 4 is 17.3 Å². The Morgan fingerprint density at radius 2 is 2.14 bits per heavy atom. The van der Waals surface area contributed by atoms with Gasteiger partial charge in [0.15, 0.2) is 0 Å². The van der Waals surface area contributed by atoms with E-state index >= 15 is 0 Å². The second-order valence-corrected chi connectivity index (χ2v) is 7.02. The maximum absolute atomic E-state index is 12.2. The van der Waals surface area contributed by atoms with Gasteiger partial charge in [0.05, 0.1) is 11.9 Å². The zero-order valence-corrected chi connectivity index (χ0v) is 13.4. The maximum Gasteiger partial charge on any atom is 0.287 e. The lowest BCUT2D eigenvalue weighted by Gasteiger charge is -2.45. The fraction of sp³-hybridized carbons (Fsp3) is 0.733. The van der Waals surface area contributed by atoms with E-state index in [4.69, 9.17) is 11.6 Å². The van der Waals surface area contributed by atoms with Gasteiger partial charge in [-0.05, 0) is 37.8 Å². The van der Waals surface area contributed by atoms with E-state index in [1.54, 1.807) is 6.20 Å². The van der Waals surface area contributed by atoms with Crippen molar-refractivity contribution in [1.82, 2.24) is 14.7 Å². The average molecular weight is 311 g/mol. The average Bonchev–Trinajstić information content (AvgIpc) is 2.48. The second-order valence-electron chi connectivity index (χ2n) is 6.64. The summed E-state index contributed by atoms with van der Waals surface area (Å²) < 4.78 is 1.45. The van der Waals surface area contributed by atoms with Crippen LogP contribution in [0.3, 0.4) is 0 Å². The van der Waals surface area contributed by atoms with Crippen molar-refractivity contribution < 1.29 is 0 Å². The predicted molar refractivity (Wildman–Crippen MR) is 84.9 cm³/mol. The molecule has 3 saturated heterocycles. The minimum atomic E-state index is -0.198. The SMILES string of the molecule is CC(C)Cn1ncc(NC2CN3CCC2CC3)c(Cl)c1=O. The first-order valence-electron chi connectivity index (χ1n) is 7.79. The first kappa shape index (κ1) is 14.9. The van der Waals surface area contributed by atoms with Gasteiger partial charge in [0.1, 0.15) is 5.02 Å². The quantitative estimate of drug-likeness (QED) is 0.925. The minimum Gasteiger partial charge on any atom is -0.378 e. The molecule has 0 saturated carbocycles. The zero-order valence-electron chi connectivity index (χ0n) is 12.7. The van der Waals surface area contributed by atoms with Crippen molar-refractivity contribution in [2.75, 3.05) is 25.0 Å². The van der Waals surface area contributed by atoms with Gasteiger partial charge in [-0.25, -0.2) is 4.68 Å². The lowest BCUT2D eigenvalue weighted by molar-refractivity contribution is 0.0975. The topological polar surface area (TPSA) is 50.2 Å². The van der Waals surface area contributed by atoms with E-state index in [2.05, 4.69) is 29.2 Å². The summed E-state index contributed by atoms with van der Waals surface area (Å²) in [5, 5.41) is 7.97. The number of rotatable bonds is 4. The van der Waals surface area contributed by atoms with E-state index in [-0.39, 0.29) is 10.6 Å². The van der Waals surface area contributed by atoms with Gasteiger partial charge in [-0.3, -0.25) is 4.79 Å². The molecule has 1 aromatic heterocycles. The Labute approximate surface area is 130 Å². The summed E-state index contributed by atoms with van der Waals surface area (Å²) >= 11 is 6.25. The molecule has 0 aliphatic carbocycles. The summed E-state index contributed by atoms with van der Waals surface area (Å²) in [7, 11) is 0. The standard InChI is InChI=1S/C15H23ClN4O/c1-10(2)8-20-15(21)14(16)12(7-17-20)18-13-9-19-5-3-11(13)4-6-19/h7,10-11,13,18H,3-6,8-9H2,1-2H3. The van der Waals surface area contributed by atoms with Gasteiger partial charge >= 0.3 is 0 Å². The highest BCUT2D eigenvalue weighted by Crippen LogP contribution is 2.30. The largest absolute Gasteiger partial charge is 0.378 e. The van der Waals surface area contributed by atoms with Crippen LogP contribution in [-0.4, -0.2) is 40.4 Å². The summed E-state index contributed by atoms with van der Waals surface area (Å²) in [6, 6.07) is 0.382. The van der Waals surface area contributed by atoms with Crippen molar-refractivity contribution in [2.24, 2.45) is 11.8 Å². The number of piperidine rings is 3. The molecule has 1 N–H and O–H groups in total. The van der Waals surface area contributed by atoms with Crippen molar-refractivity contribution in [3.05, 3.63) is 21.6 Å². The van der Waals surface area contributed by atoms with Gasteiger partial charge in [-0.15, -0.1) is 0 Å². The monoisotopic (exact) mass is 310 g/mol. The molecule has 1 atom stereocenters. The molecule has 1 aromatic rings. The molecular formula is C15H23ClN4O. The highest BCUT2D eigenvalue weighted by molar-refractivity contribution is 6.32. The molecule has 0 spiro atoms. The van der Waals surface area contributed by atoms with Crippen molar-refractivity contribution in [3.63, 3.8) is 0 Å². The molecular weight excluding hydrogens is 288 g/mol. The summed E-state index contributed by atoms with van der Waals surface area (Å²) in [5.74, 6) is 1.05. The van der Waals surface area contributed by atoms with E-state index < -0.39 is 0 Å². The van der Waals surface area contributed by atoms with E-state index in [1.807, 2.05) is 0 Å². The lowest BCUT2D eigenvalue weighted by Crippen LogP contribution is -2.53. The smallest absolute Gasteiger partial charge is 0.287 e. The molecule has 5 nitrogen and oxygen atoms in total. The molecule has 3 aliphatic rings. The van der Waals surface area contributed by atoms with Crippen LogP contribution in [-0.2, 0) is 6.54 Å². The third kappa shape index (κ3) is 3.09. The van der Waals surface area contributed by atoms with Crippen molar-refractivity contribution in [1.29, 1.82) is 0 Å². The molecule has 6 heteroatoms. The molecule has 21 heavy (non-hydrogen) atoms. The zero-order chi connectivity index (χ0) is 15.0. The third-order valence-corrected chi connectivity index (χ3v) is 4.89. The number of halogens is 1. The first-order valence-corrected chi connectivity index (χ1v) is 8.17. The predicted octanol–water partition coefficient (Wildman–Crippen LogP) is 2.06. The number of aromatic nitrogens is 2. The molecule has 116 valence electrons. The Hall–Kier alpha value is -1.07. The van der Waals surface area contributed by atoms with Crippen LogP contribution < -0.4 is 10.9 Å². The molecule has 3 aliphatic heterocycles. The molecule has 3 fully saturated rings. The fourth-order valence-corrected chi connectivity index (χ4v) is 3.57. The highest BCUT2D eigenvalue weighted by atomic mass is 35.5. The lowest BCUT2D eigenvalue weighted by atomic mass is 9.84. The van der Waals surface area contributed by atoms with Crippen LogP contribution in [0.5, 0.6) is 0 Å². The molecule has 0 amide bonds. The van der Waals surface area contributed by atoms with Gasteiger partial charge in [-0.2, -0.15) is 5.10 Å². The Kier molecular flexibility index (Phi) is 4.22. The Morgan fingerprint density at radius 3 is 2.71 bits per heavy atom. The van der Waals surface area contributed by atoms with Crippen molar-refractivity contribution in [3.8, 4) is 0 Å². The number of nitrogens with zero attached hydrogens (tertiary/aromatic N) is 3. The Balaban J connectivity index is 1.77. The van der Waals surface area contributed by atoms with Gasteiger partial charge in [-0.1, -0.05) is 25.4 Å². The summed E-state index contributed by atoms with van der Waals surface area (Å²) in [4.78, 5) is 14.7. The number of hydrogen-bond acceptors (Lipinski definition) is 4. The summed E-state index contributed by atoms with van der Waals surface area (Å²) in [6.45, 7) is 8.15. The fourth-order valence-electron chi connectivity index (χ4n) is 3.37. The first-order chi connectivity index (χ1) is 10.0. The molecule has 0 radical (unpaired) electrons. The van der Waals surface area contributed by atoms with Crippen LogP contribution in [0.25, 0.3) is 0 Å². The van der Waals surface area contributed by atoms with Gasteiger partial charge < -0.3 is 10.2 Å². The number of anilines is 1. The van der Waals surface area contributed by atoms with Gasteiger partial charge in [0, 0.05) is 19.1 Å². The highest BCUT2D eigenvalue weighted by Gasteiger charge is 2.34. The van der Waals surface area contributed by atoms with Crippen LogP contribution in [0.15, 0.2) is 11.0 Å². The molecule has 4 heterocycles. The number of nitrogens with one attached hydrogen (secondary N) is 1. The molecule has 2 bridgehead atoms. The summed E-state index contributed by atoms with van der Waals surface area (Å²) in [5.41, 5.74) is 0.483. The van der Waals surface area contributed by atoms with Gasteiger partial charge in [0.25, 0.3) is 5.56 Å². The summed E-state index contributed by atoms with van der Waals surface area (Å²) in [6.07, 6.45) is 4.16. The van der Waals surface area contributed by atoms with E-state index in [1.165, 1.54) is 30.6 Å². The van der Waals surface area contributed by atoms with Crippen LogP contribution in [0.4, 0.5) is 5.69 Å². The van der Waals surface area contributed by atoms with Crippen LogP contribution in [0.2, 0.25) is 5.02 Å². The van der Waals surface area contributed by atoms with Crippen LogP contribution >= 0.6 is 11.6 Å². The number of hydrogen-bond donors (Lipinski definition) is 1. The molecule has 0 aromatic carbocycles. The number of fused-ring (bicyclic) bond motifs is 3. The van der Waals surface area contributed by atoms with Crippen LogP contribution in [0.1, 0.15) is 26.7 Å².